The van der Waals surface area contributed by atoms with Crippen LogP contribution in [0.5, 0.6) is 0 Å². The topological polar surface area (TPSA) is 108 Å². The van der Waals surface area contributed by atoms with Crippen molar-refractivity contribution < 1.29 is 42.9 Å². The Bertz CT molecular complexity index is 1900. The number of carboxylic acids is 1. The van der Waals surface area contributed by atoms with Crippen LogP contribution in [-0.2, 0) is 33.3 Å². The van der Waals surface area contributed by atoms with Crippen molar-refractivity contribution in [2.45, 2.75) is 360 Å². The second-order valence-corrected chi connectivity index (χ2v) is 27.3. The number of rotatable bonds is 72. The molecule has 0 aromatic carbocycles. The Morgan fingerprint density at radius 1 is 0.333 bits per heavy atom. The number of unbranched alkanes of at least 4 members (excludes halogenated alkanes) is 39. The van der Waals surface area contributed by atoms with E-state index in [0.29, 0.717) is 23.9 Å². The molecular formula is C84H148NO8+. The number of quaternary nitrogens is 1. The minimum Gasteiger partial charge on any atom is -0.477 e. The Hall–Kier alpha value is -4.05. The Balaban J connectivity index is 4.03. The van der Waals surface area contributed by atoms with Crippen LogP contribution in [-0.4, -0.2) is 87.4 Å². The summed E-state index contributed by atoms with van der Waals surface area (Å²) in [4.78, 5) is 37.7. The Kier molecular flexibility index (Phi) is 70.5. The third-order valence-electron chi connectivity index (χ3n) is 17.0. The predicted octanol–water partition coefficient (Wildman–Crippen LogP) is 24.9. The molecule has 9 heteroatoms. The van der Waals surface area contributed by atoms with Gasteiger partial charge >= 0.3 is 17.9 Å². The van der Waals surface area contributed by atoms with Gasteiger partial charge in [-0.2, -0.15) is 0 Å². The molecule has 0 fully saturated rings. The lowest BCUT2D eigenvalue weighted by Gasteiger charge is -2.25. The molecule has 0 aliphatic carbocycles. The number of hydrogen-bond acceptors (Lipinski definition) is 7. The van der Waals surface area contributed by atoms with Gasteiger partial charge < -0.3 is 28.5 Å². The molecule has 93 heavy (non-hydrogen) atoms. The Morgan fingerprint density at radius 2 is 0.613 bits per heavy atom. The highest BCUT2D eigenvalue weighted by Gasteiger charge is 2.25. The normalized spacial score (nSPS) is 13.3. The van der Waals surface area contributed by atoms with Crippen LogP contribution in [0.1, 0.15) is 348 Å². The molecule has 1 N–H and O–H groups in total. The van der Waals surface area contributed by atoms with Gasteiger partial charge in [-0.3, -0.25) is 9.59 Å². The molecule has 0 spiro atoms. The first-order valence-corrected chi connectivity index (χ1v) is 39.1. The van der Waals surface area contributed by atoms with E-state index in [2.05, 4.69) is 123 Å². The summed E-state index contributed by atoms with van der Waals surface area (Å²) in [5.74, 6) is -1.99. The highest BCUT2D eigenvalue weighted by atomic mass is 16.7. The average Bonchev–Trinajstić information content (AvgIpc) is 3.38. The van der Waals surface area contributed by atoms with Crippen LogP contribution in [0.25, 0.3) is 0 Å². The van der Waals surface area contributed by atoms with Crippen molar-refractivity contribution in [1.29, 1.82) is 0 Å². The molecule has 9 nitrogen and oxygen atoms in total. The number of likely N-dealkylation sites (N-methyl/N-ethyl adjacent to an activating group) is 1. The third kappa shape index (κ3) is 75.2. The van der Waals surface area contributed by atoms with Crippen molar-refractivity contribution in [2.24, 2.45) is 0 Å². The molecular weight excluding hydrogens is 1150 g/mol. The van der Waals surface area contributed by atoms with Crippen LogP contribution in [0.15, 0.2) is 109 Å². The molecule has 0 radical (unpaired) electrons. The van der Waals surface area contributed by atoms with E-state index in [9.17, 15) is 19.5 Å². The highest BCUT2D eigenvalue weighted by molar-refractivity contribution is 5.71. The molecule has 536 valence electrons. The van der Waals surface area contributed by atoms with Crippen molar-refractivity contribution in [3.63, 3.8) is 0 Å². The van der Waals surface area contributed by atoms with E-state index < -0.39 is 24.3 Å². The Morgan fingerprint density at radius 3 is 0.914 bits per heavy atom. The molecule has 0 aliphatic rings. The largest absolute Gasteiger partial charge is 0.477 e. The fraction of sp³-hybridized carbons (Fsp3) is 0.750. The van der Waals surface area contributed by atoms with E-state index in [0.717, 1.165) is 89.9 Å². The SMILES string of the molecule is CC/C=C\C/C=C\C/C=C\C/C=C\C/C=C\C/C=C\CCCCCCCCCCCCCCC(=O)OC(COC(=O)CCCCCCCCCCCCCCCCCCCCCCCC/C=C\C/C=C\C/C=C\CCCCCCC)COC(OCC[N+](C)(C)C)C(=O)O. The number of hydrogen-bond donors (Lipinski definition) is 1. The monoisotopic (exact) mass is 1300 g/mol. The zero-order valence-electron chi connectivity index (χ0n) is 61.4. The van der Waals surface area contributed by atoms with Gasteiger partial charge in [-0.25, -0.2) is 4.79 Å². The van der Waals surface area contributed by atoms with Gasteiger partial charge in [0.25, 0.3) is 6.29 Å². The van der Waals surface area contributed by atoms with Gasteiger partial charge in [-0.05, 0) is 103 Å². The summed E-state index contributed by atoms with van der Waals surface area (Å²) in [6, 6.07) is 0. The van der Waals surface area contributed by atoms with Gasteiger partial charge in [0, 0.05) is 12.8 Å². The smallest absolute Gasteiger partial charge is 0.361 e. The van der Waals surface area contributed by atoms with E-state index >= 15 is 0 Å². The number of aliphatic carboxylic acids is 1. The highest BCUT2D eigenvalue weighted by Crippen LogP contribution is 2.18. The first-order chi connectivity index (χ1) is 45.6. The summed E-state index contributed by atoms with van der Waals surface area (Å²) in [7, 11) is 5.98. The van der Waals surface area contributed by atoms with Crippen LogP contribution in [0.3, 0.4) is 0 Å². The zero-order chi connectivity index (χ0) is 67.5. The molecule has 0 aliphatic heterocycles. The molecule has 0 saturated carbocycles. The maximum atomic E-state index is 13.0. The molecule has 0 aromatic rings. The molecule has 0 aromatic heterocycles. The fourth-order valence-corrected chi connectivity index (χ4v) is 11.1. The van der Waals surface area contributed by atoms with E-state index in [1.165, 1.54) is 225 Å². The first kappa shape index (κ1) is 89.0. The number of carbonyl (C=O) groups excluding carboxylic acids is 2. The fourth-order valence-electron chi connectivity index (χ4n) is 11.1. The quantitative estimate of drug-likeness (QED) is 0.0211. The van der Waals surface area contributed by atoms with Gasteiger partial charge in [0.15, 0.2) is 6.10 Å². The van der Waals surface area contributed by atoms with Crippen LogP contribution in [0.2, 0.25) is 0 Å². The van der Waals surface area contributed by atoms with Gasteiger partial charge in [-0.15, -0.1) is 0 Å². The molecule has 2 atom stereocenters. The second-order valence-electron chi connectivity index (χ2n) is 27.3. The lowest BCUT2D eigenvalue weighted by atomic mass is 10.0. The zero-order valence-corrected chi connectivity index (χ0v) is 61.4. The molecule has 0 rings (SSSR count). The van der Waals surface area contributed by atoms with Crippen LogP contribution >= 0.6 is 0 Å². The number of nitrogens with zero attached hydrogens (tertiary/aromatic N) is 1. The van der Waals surface area contributed by atoms with E-state index in [1.54, 1.807) is 0 Å². The number of allylic oxidation sites excluding steroid dienone is 18. The second kappa shape index (κ2) is 73.8. The first-order valence-electron chi connectivity index (χ1n) is 39.1. The van der Waals surface area contributed by atoms with E-state index in [-0.39, 0.29) is 32.2 Å². The number of esters is 2. The average molecular weight is 1300 g/mol. The third-order valence-corrected chi connectivity index (χ3v) is 17.0. The summed E-state index contributed by atoms with van der Waals surface area (Å²) in [6.45, 7) is 4.78. The van der Waals surface area contributed by atoms with Crippen molar-refractivity contribution >= 4 is 17.9 Å². The van der Waals surface area contributed by atoms with Gasteiger partial charge in [0.05, 0.1) is 34.4 Å². The molecule has 0 saturated heterocycles. The van der Waals surface area contributed by atoms with Crippen LogP contribution in [0, 0.1) is 0 Å². The lowest BCUT2D eigenvalue weighted by Crippen LogP contribution is -2.40. The predicted molar refractivity (Wildman–Crippen MR) is 401 cm³/mol. The maximum Gasteiger partial charge on any atom is 0.361 e. The van der Waals surface area contributed by atoms with Crippen LogP contribution < -0.4 is 0 Å². The standard InChI is InChI=1S/C84H147NO8/c1-6-8-10-12-14-16-18-20-22-24-26-28-30-32-34-36-38-39-40-41-42-43-45-46-48-50-52-54-56-58-60-62-64-66-68-70-72-74-81(86)91-78-80(79-92-84(83(88)89)90-77-76-85(3,4)5)93-82(87)75-73-71-69-67-65-63-61-59-57-55-53-51-49-47-44-37-35-33-31-29-27-25-23-21-19-17-15-13-11-9-7-2/h9,11,15,17-18,20-21,23-24,26-27,29-30,32-33,35,44,47,80,84H,6-8,10,12-14,16,19,22,25,28,31,34,36-43,45-46,48-79H2,1-5H3/p+1/b11-9-,17-15-,20-18-,23-21-,26-24-,29-27-,32-30-,35-33-,47-44-. The van der Waals surface area contributed by atoms with Crippen molar-refractivity contribution in [3.05, 3.63) is 109 Å². The lowest BCUT2D eigenvalue weighted by molar-refractivity contribution is -0.870. The molecule has 2 unspecified atom stereocenters. The molecule has 0 bridgehead atoms. The summed E-state index contributed by atoms with van der Waals surface area (Å²) < 4.78 is 23.0. The van der Waals surface area contributed by atoms with Crippen LogP contribution in [0.4, 0.5) is 0 Å². The summed E-state index contributed by atoms with van der Waals surface area (Å²) in [6.07, 6.45) is 101. The Labute approximate surface area is 575 Å². The molecule has 0 heterocycles. The minimum atomic E-state index is -1.52. The number of carbonyl (C=O) groups is 3. The number of ether oxygens (including phenoxy) is 4. The van der Waals surface area contributed by atoms with Gasteiger partial charge in [0.2, 0.25) is 0 Å². The summed E-state index contributed by atoms with van der Waals surface area (Å²) in [5, 5.41) is 9.77. The van der Waals surface area contributed by atoms with Crippen molar-refractivity contribution in [1.82, 2.24) is 0 Å². The summed E-state index contributed by atoms with van der Waals surface area (Å²) >= 11 is 0. The van der Waals surface area contributed by atoms with E-state index in [4.69, 9.17) is 18.9 Å². The minimum absolute atomic E-state index is 0.184. The maximum absolute atomic E-state index is 13.0. The van der Waals surface area contributed by atoms with Crippen molar-refractivity contribution in [2.75, 3.05) is 47.5 Å². The van der Waals surface area contributed by atoms with Gasteiger partial charge in [-0.1, -0.05) is 342 Å². The van der Waals surface area contributed by atoms with Crippen molar-refractivity contribution in [3.8, 4) is 0 Å². The summed E-state index contributed by atoms with van der Waals surface area (Å²) in [5.41, 5.74) is 0. The van der Waals surface area contributed by atoms with Gasteiger partial charge in [0.1, 0.15) is 13.2 Å². The van der Waals surface area contributed by atoms with E-state index in [1.807, 2.05) is 21.1 Å². The molecule has 0 amide bonds. The number of carboxylic acid groups (broad SMARTS) is 1.